The van der Waals surface area contributed by atoms with Gasteiger partial charge in [-0.3, -0.25) is 4.90 Å². The van der Waals surface area contributed by atoms with Gasteiger partial charge in [-0.05, 0) is 36.9 Å². The maximum Gasteiger partial charge on any atom is 0.416 e. The van der Waals surface area contributed by atoms with Gasteiger partial charge in [-0.25, -0.2) is 0 Å². The molecule has 126 valence electrons. The van der Waals surface area contributed by atoms with E-state index in [0.717, 1.165) is 17.7 Å². The van der Waals surface area contributed by atoms with E-state index in [1.807, 2.05) is 11.9 Å². The van der Waals surface area contributed by atoms with E-state index in [9.17, 15) is 13.2 Å². The Bertz CT molecular complexity index is 780. The summed E-state index contributed by atoms with van der Waals surface area (Å²) in [6.07, 6.45) is -2.81. The Morgan fingerprint density at radius 3 is 2.46 bits per heavy atom. The summed E-state index contributed by atoms with van der Waals surface area (Å²) in [5.74, 6) is 1.27. The van der Waals surface area contributed by atoms with E-state index in [-0.39, 0.29) is 0 Å². The van der Waals surface area contributed by atoms with Gasteiger partial charge in [0, 0.05) is 6.54 Å². The number of aromatic nitrogens is 2. The van der Waals surface area contributed by atoms with E-state index in [1.54, 1.807) is 12.1 Å². The molecule has 0 saturated carbocycles. The van der Waals surface area contributed by atoms with Crippen molar-refractivity contribution in [2.45, 2.75) is 19.3 Å². The molecule has 1 aromatic carbocycles. The predicted octanol–water partition coefficient (Wildman–Crippen LogP) is 3.98. The minimum atomic E-state index is -4.32. The Balaban J connectivity index is 1.60. The van der Waals surface area contributed by atoms with Crippen molar-refractivity contribution < 1.29 is 22.1 Å². The van der Waals surface area contributed by atoms with Crippen LogP contribution in [0.15, 0.2) is 51.6 Å². The van der Waals surface area contributed by atoms with Gasteiger partial charge in [0.15, 0.2) is 5.76 Å². The highest BCUT2D eigenvalue weighted by Gasteiger charge is 2.29. The van der Waals surface area contributed by atoms with Crippen molar-refractivity contribution in [1.29, 1.82) is 0 Å². The van der Waals surface area contributed by atoms with Crippen molar-refractivity contribution in [3.05, 3.63) is 59.7 Å². The fourth-order valence-electron chi connectivity index (χ4n) is 2.22. The minimum Gasteiger partial charge on any atom is -0.461 e. The average molecular weight is 337 g/mol. The molecule has 8 heteroatoms. The third kappa shape index (κ3) is 3.83. The first-order valence-corrected chi connectivity index (χ1v) is 7.13. The monoisotopic (exact) mass is 337 g/mol. The molecule has 0 aliphatic heterocycles. The molecule has 24 heavy (non-hydrogen) atoms. The lowest BCUT2D eigenvalue weighted by atomic mass is 10.1. The van der Waals surface area contributed by atoms with Crippen molar-refractivity contribution in [3.8, 4) is 11.6 Å². The molecule has 3 aromatic rings. The maximum absolute atomic E-state index is 12.5. The van der Waals surface area contributed by atoms with E-state index in [1.165, 1.54) is 18.4 Å². The van der Waals surface area contributed by atoms with Gasteiger partial charge in [-0.15, -0.1) is 0 Å². The van der Waals surface area contributed by atoms with Gasteiger partial charge in [0.2, 0.25) is 11.7 Å². The Labute approximate surface area is 135 Å². The van der Waals surface area contributed by atoms with E-state index >= 15 is 0 Å². The molecule has 0 saturated heterocycles. The highest BCUT2D eigenvalue weighted by molar-refractivity contribution is 5.44. The topological polar surface area (TPSA) is 55.3 Å². The smallest absolute Gasteiger partial charge is 0.416 e. The molecule has 0 fully saturated rings. The Morgan fingerprint density at radius 1 is 1.08 bits per heavy atom. The van der Waals surface area contributed by atoms with Crippen LogP contribution in [-0.2, 0) is 19.3 Å². The largest absolute Gasteiger partial charge is 0.461 e. The highest BCUT2D eigenvalue weighted by atomic mass is 19.4. The van der Waals surface area contributed by atoms with Crippen LogP contribution in [0.4, 0.5) is 13.2 Å². The van der Waals surface area contributed by atoms with Crippen LogP contribution in [0.3, 0.4) is 0 Å². The van der Waals surface area contributed by atoms with Crippen molar-refractivity contribution in [1.82, 2.24) is 15.0 Å². The van der Waals surface area contributed by atoms with Gasteiger partial charge in [0.1, 0.15) is 0 Å². The molecule has 2 heterocycles. The first-order valence-electron chi connectivity index (χ1n) is 7.13. The standard InChI is InChI=1S/C16H14F3N3O2/c1-22(9-11-4-6-12(7-5-11)16(17,18)19)10-14-20-15(21-24-14)13-3-2-8-23-13/h2-8H,9-10H2,1H3. The Kier molecular flexibility index (Phi) is 4.39. The van der Waals surface area contributed by atoms with Crippen LogP contribution in [0.25, 0.3) is 11.6 Å². The molecule has 5 nitrogen and oxygen atoms in total. The first-order chi connectivity index (χ1) is 11.4. The summed E-state index contributed by atoms with van der Waals surface area (Å²) in [7, 11) is 1.81. The van der Waals surface area contributed by atoms with Crippen LogP contribution in [0.5, 0.6) is 0 Å². The normalized spacial score (nSPS) is 12.0. The average Bonchev–Trinajstić information content (AvgIpc) is 3.17. The number of rotatable bonds is 5. The molecule has 0 spiro atoms. The van der Waals surface area contributed by atoms with E-state index in [4.69, 9.17) is 8.94 Å². The van der Waals surface area contributed by atoms with Gasteiger partial charge in [0.25, 0.3) is 0 Å². The minimum absolute atomic E-state index is 0.359. The molecule has 0 N–H and O–H groups in total. The number of hydrogen-bond acceptors (Lipinski definition) is 5. The molecule has 0 aliphatic carbocycles. The number of hydrogen-bond donors (Lipinski definition) is 0. The first kappa shape index (κ1) is 16.3. The van der Waals surface area contributed by atoms with Crippen molar-refractivity contribution >= 4 is 0 Å². The Morgan fingerprint density at radius 2 is 1.83 bits per heavy atom. The lowest BCUT2D eigenvalue weighted by Crippen LogP contribution is -2.17. The molecule has 0 amide bonds. The highest BCUT2D eigenvalue weighted by Crippen LogP contribution is 2.29. The summed E-state index contributed by atoms with van der Waals surface area (Å²) in [5.41, 5.74) is 0.102. The van der Waals surface area contributed by atoms with Crippen molar-refractivity contribution in [2.75, 3.05) is 7.05 Å². The number of furan rings is 1. The third-order valence-electron chi connectivity index (χ3n) is 3.35. The number of alkyl halides is 3. The zero-order valence-electron chi connectivity index (χ0n) is 12.7. The van der Waals surface area contributed by atoms with Crippen molar-refractivity contribution in [2.24, 2.45) is 0 Å². The summed E-state index contributed by atoms with van der Waals surface area (Å²) < 4.78 is 48.0. The van der Waals surface area contributed by atoms with Gasteiger partial charge < -0.3 is 8.94 Å². The fourth-order valence-corrected chi connectivity index (χ4v) is 2.22. The lowest BCUT2D eigenvalue weighted by Gasteiger charge is -2.14. The van der Waals surface area contributed by atoms with Crippen LogP contribution in [0, 0.1) is 0 Å². The summed E-state index contributed by atoms with van der Waals surface area (Å²) in [5, 5.41) is 3.83. The van der Waals surface area contributed by atoms with Crippen LogP contribution in [0.1, 0.15) is 17.0 Å². The molecule has 2 aromatic heterocycles. The SMILES string of the molecule is CN(Cc1ccc(C(F)(F)F)cc1)Cc1nc(-c2ccco2)no1. The third-order valence-corrected chi connectivity index (χ3v) is 3.35. The van der Waals surface area contributed by atoms with E-state index in [0.29, 0.717) is 30.6 Å². The Hall–Kier alpha value is -2.61. The second-order valence-electron chi connectivity index (χ2n) is 5.36. The van der Waals surface area contributed by atoms with E-state index < -0.39 is 11.7 Å². The van der Waals surface area contributed by atoms with Crippen LogP contribution in [0.2, 0.25) is 0 Å². The van der Waals surface area contributed by atoms with Crippen LogP contribution < -0.4 is 0 Å². The maximum atomic E-state index is 12.5. The van der Waals surface area contributed by atoms with Gasteiger partial charge in [-0.1, -0.05) is 17.3 Å². The number of benzene rings is 1. The van der Waals surface area contributed by atoms with Crippen molar-refractivity contribution in [3.63, 3.8) is 0 Å². The molecule has 0 aliphatic rings. The fraction of sp³-hybridized carbons (Fsp3) is 0.250. The summed E-state index contributed by atoms with van der Waals surface area (Å²) >= 11 is 0. The summed E-state index contributed by atoms with van der Waals surface area (Å²) in [4.78, 5) is 6.08. The quantitative estimate of drug-likeness (QED) is 0.705. The van der Waals surface area contributed by atoms with Gasteiger partial charge in [0.05, 0.1) is 18.4 Å². The lowest BCUT2D eigenvalue weighted by molar-refractivity contribution is -0.137. The molecular formula is C16H14F3N3O2. The van der Waals surface area contributed by atoms with E-state index in [2.05, 4.69) is 10.1 Å². The molecular weight excluding hydrogens is 323 g/mol. The molecule has 0 bridgehead atoms. The second-order valence-corrected chi connectivity index (χ2v) is 5.36. The molecule has 0 atom stereocenters. The van der Waals surface area contributed by atoms with Crippen LogP contribution in [-0.4, -0.2) is 22.1 Å². The predicted molar refractivity (Wildman–Crippen MR) is 78.6 cm³/mol. The molecule has 0 radical (unpaired) electrons. The molecule has 3 rings (SSSR count). The number of nitrogens with zero attached hydrogens (tertiary/aromatic N) is 3. The summed E-state index contributed by atoms with van der Waals surface area (Å²) in [6, 6.07) is 8.52. The second kappa shape index (κ2) is 6.48. The molecule has 0 unspecified atom stereocenters. The zero-order chi connectivity index (χ0) is 17.2. The van der Waals surface area contributed by atoms with Gasteiger partial charge in [-0.2, -0.15) is 18.2 Å². The summed E-state index contributed by atoms with van der Waals surface area (Å²) in [6.45, 7) is 0.825. The van der Waals surface area contributed by atoms with Crippen LogP contribution >= 0.6 is 0 Å². The van der Waals surface area contributed by atoms with Gasteiger partial charge >= 0.3 is 6.18 Å². The zero-order valence-corrected chi connectivity index (χ0v) is 12.7. The number of halogens is 3.